The number of hydrogen-bond donors (Lipinski definition) is 2. The number of hydrogen-bond acceptors (Lipinski definition) is 6. The summed E-state index contributed by atoms with van der Waals surface area (Å²) in [6, 6.07) is 1.62. The molecule has 130 valence electrons. The van der Waals surface area contributed by atoms with Crippen molar-refractivity contribution < 1.29 is 13.9 Å². The fourth-order valence-corrected chi connectivity index (χ4v) is 3.43. The van der Waals surface area contributed by atoms with Gasteiger partial charge in [-0.2, -0.15) is 0 Å². The van der Waals surface area contributed by atoms with Gasteiger partial charge in [0.25, 0.3) is 0 Å². The average molecular weight is 354 g/mol. The molecule has 1 aliphatic carbocycles. The first kappa shape index (κ1) is 17.2. The summed E-state index contributed by atoms with van der Waals surface area (Å²) in [4.78, 5) is 13.2. The Morgan fingerprint density at radius 1 is 1.29 bits per heavy atom. The number of nitrogens with zero attached hydrogens (tertiary/aromatic N) is 3. The topological polar surface area (TPSA) is 70.9 Å². The number of alkyl halides is 2. The van der Waals surface area contributed by atoms with Crippen LogP contribution >= 0.6 is 11.3 Å². The summed E-state index contributed by atoms with van der Waals surface area (Å²) < 4.78 is 26.6. The smallest absolute Gasteiger partial charge is 0.248 e. The highest BCUT2D eigenvalue weighted by molar-refractivity contribution is 7.13. The van der Waals surface area contributed by atoms with E-state index in [0.717, 1.165) is 5.69 Å². The molecular formula is C16H20F2N4OS. The molecule has 1 atom stereocenters. The molecule has 0 saturated heterocycles. The van der Waals surface area contributed by atoms with Crippen molar-refractivity contribution in [3.63, 3.8) is 0 Å². The van der Waals surface area contributed by atoms with Crippen molar-refractivity contribution in [2.24, 2.45) is 0 Å². The third-order valence-electron chi connectivity index (χ3n) is 4.05. The lowest BCUT2D eigenvalue weighted by Gasteiger charge is -2.29. The van der Waals surface area contributed by atoms with Gasteiger partial charge in [0.05, 0.1) is 11.8 Å². The molecule has 1 aliphatic rings. The highest BCUT2D eigenvalue weighted by Crippen LogP contribution is 2.34. The van der Waals surface area contributed by atoms with Crippen molar-refractivity contribution in [2.75, 3.05) is 5.32 Å². The highest BCUT2D eigenvalue weighted by Gasteiger charge is 2.35. The number of anilines is 1. The lowest BCUT2D eigenvalue weighted by Crippen LogP contribution is -2.32. The molecule has 0 amide bonds. The van der Waals surface area contributed by atoms with Crippen molar-refractivity contribution in [2.45, 2.75) is 57.6 Å². The van der Waals surface area contributed by atoms with Crippen LogP contribution in [-0.4, -0.2) is 32.0 Å². The number of thiazole rings is 1. The van der Waals surface area contributed by atoms with Crippen LogP contribution in [0.3, 0.4) is 0 Å². The lowest BCUT2D eigenvalue weighted by atomic mass is 9.92. The van der Waals surface area contributed by atoms with Gasteiger partial charge in [-0.25, -0.2) is 23.7 Å². The molecule has 1 saturated carbocycles. The van der Waals surface area contributed by atoms with E-state index in [1.54, 1.807) is 13.0 Å². The Balaban J connectivity index is 1.83. The standard InChI is InChI=1S/C16H20F2N4OS/c1-9-8-24-15(19-9)14-21-12(10(2)23)7-13(22-14)20-11-3-5-16(17,18)6-4-11/h7-8,10-11,23H,3-6H2,1-2H3,(H,20,21,22)/t10-/m1/s1. The zero-order chi connectivity index (χ0) is 17.3. The van der Waals surface area contributed by atoms with E-state index < -0.39 is 12.0 Å². The Morgan fingerprint density at radius 2 is 2.00 bits per heavy atom. The van der Waals surface area contributed by atoms with Gasteiger partial charge in [0.1, 0.15) is 5.82 Å². The van der Waals surface area contributed by atoms with Crippen LogP contribution in [0.2, 0.25) is 0 Å². The van der Waals surface area contributed by atoms with Crippen molar-refractivity contribution in [3.8, 4) is 10.8 Å². The first-order valence-corrected chi connectivity index (χ1v) is 8.84. The Hall–Kier alpha value is -1.67. The molecule has 3 rings (SSSR count). The van der Waals surface area contributed by atoms with E-state index >= 15 is 0 Å². The fraction of sp³-hybridized carbons (Fsp3) is 0.562. The van der Waals surface area contributed by atoms with Gasteiger partial charge in [-0.3, -0.25) is 0 Å². The minimum Gasteiger partial charge on any atom is -0.387 e. The maximum atomic E-state index is 13.3. The van der Waals surface area contributed by atoms with Crippen LogP contribution < -0.4 is 5.32 Å². The van der Waals surface area contributed by atoms with Gasteiger partial charge in [-0.1, -0.05) is 0 Å². The van der Waals surface area contributed by atoms with Crippen LogP contribution in [0.4, 0.5) is 14.6 Å². The zero-order valence-electron chi connectivity index (χ0n) is 13.6. The van der Waals surface area contributed by atoms with Gasteiger partial charge in [0.15, 0.2) is 10.8 Å². The Kier molecular flexibility index (Phi) is 4.78. The molecule has 0 bridgehead atoms. The van der Waals surface area contributed by atoms with Crippen molar-refractivity contribution in [3.05, 3.63) is 22.8 Å². The van der Waals surface area contributed by atoms with Gasteiger partial charge in [-0.05, 0) is 26.7 Å². The summed E-state index contributed by atoms with van der Waals surface area (Å²) in [7, 11) is 0. The predicted octanol–water partition coefficient (Wildman–Crippen LogP) is 3.95. The van der Waals surface area contributed by atoms with Gasteiger partial charge < -0.3 is 10.4 Å². The second-order valence-corrected chi connectivity index (χ2v) is 7.10. The van der Waals surface area contributed by atoms with Crippen molar-refractivity contribution in [1.29, 1.82) is 0 Å². The molecule has 0 aliphatic heterocycles. The molecule has 24 heavy (non-hydrogen) atoms. The molecule has 2 N–H and O–H groups in total. The second kappa shape index (κ2) is 6.68. The second-order valence-electron chi connectivity index (χ2n) is 6.25. The molecule has 1 fully saturated rings. The number of aliphatic hydroxyl groups excluding tert-OH is 1. The SMILES string of the molecule is Cc1csc(-c2nc(NC3CCC(F)(F)CC3)cc([C@@H](C)O)n2)n1. The fourth-order valence-electron chi connectivity index (χ4n) is 2.70. The van der Waals surface area contributed by atoms with E-state index in [1.807, 2.05) is 12.3 Å². The van der Waals surface area contributed by atoms with E-state index in [9.17, 15) is 13.9 Å². The first-order chi connectivity index (χ1) is 11.3. The van der Waals surface area contributed by atoms with Crippen LogP contribution in [0.5, 0.6) is 0 Å². The van der Waals surface area contributed by atoms with Gasteiger partial charge in [0.2, 0.25) is 5.92 Å². The summed E-state index contributed by atoms with van der Waals surface area (Å²) in [5.74, 6) is -1.58. The minimum atomic E-state index is -2.56. The van der Waals surface area contributed by atoms with E-state index in [1.165, 1.54) is 11.3 Å². The van der Waals surface area contributed by atoms with E-state index in [2.05, 4.69) is 20.3 Å². The highest BCUT2D eigenvalue weighted by atomic mass is 32.1. The molecule has 0 unspecified atom stereocenters. The number of aromatic nitrogens is 3. The number of halogens is 2. The normalized spacial score (nSPS) is 19.2. The zero-order valence-corrected chi connectivity index (χ0v) is 14.4. The molecule has 2 aromatic heterocycles. The molecule has 2 aromatic rings. The molecule has 2 heterocycles. The molecule has 0 radical (unpaired) electrons. The summed E-state index contributed by atoms with van der Waals surface area (Å²) in [5, 5.41) is 15.7. The lowest BCUT2D eigenvalue weighted by molar-refractivity contribution is -0.0361. The Labute approximate surface area is 143 Å². The molecule has 5 nitrogen and oxygen atoms in total. The van der Waals surface area contributed by atoms with Crippen molar-refractivity contribution in [1.82, 2.24) is 15.0 Å². The molecule has 8 heteroatoms. The van der Waals surface area contributed by atoms with Gasteiger partial charge in [-0.15, -0.1) is 11.3 Å². The number of rotatable bonds is 4. The number of nitrogens with one attached hydrogen (secondary N) is 1. The summed E-state index contributed by atoms with van der Waals surface area (Å²) in [6.45, 7) is 3.52. The van der Waals surface area contributed by atoms with Gasteiger partial charge >= 0.3 is 0 Å². The molecule has 0 spiro atoms. The monoisotopic (exact) mass is 354 g/mol. The number of aliphatic hydroxyl groups is 1. The maximum absolute atomic E-state index is 13.3. The van der Waals surface area contributed by atoms with Crippen molar-refractivity contribution >= 4 is 17.2 Å². The Bertz CT molecular complexity index is 710. The third-order valence-corrected chi connectivity index (χ3v) is 5.01. The first-order valence-electron chi connectivity index (χ1n) is 7.96. The summed E-state index contributed by atoms with van der Waals surface area (Å²) >= 11 is 1.43. The molecular weight excluding hydrogens is 334 g/mol. The van der Waals surface area contributed by atoms with E-state index in [0.29, 0.717) is 35.2 Å². The van der Waals surface area contributed by atoms with E-state index in [4.69, 9.17) is 0 Å². The third kappa shape index (κ3) is 4.05. The Morgan fingerprint density at radius 3 is 2.58 bits per heavy atom. The summed E-state index contributed by atoms with van der Waals surface area (Å²) in [6.07, 6.45) is -0.182. The quantitative estimate of drug-likeness (QED) is 0.870. The minimum absolute atomic E-state index is 0.0488. The van der Waals surface area contributed by atoms with Crippen LogP contribution in [0, 0.1) is 6.92 Å². The van der Waals surface area contributed by atoms with Gasteiger partial charge in [0, 0.05) is 36.0 Å². The predicted molar refractivity (Wildman–Crippen MR) is 89.3 cm³/mol. The van der Waals surface area contributed by atoms with E-state index in [-0.39, 0.29) is 18.9 Å². The maximum Gasteiger partial charge on any atom is 0.248 e. The van der Waals surface area contributed by atoms with Crippen LogP contribution in [0.25, 0.3) is 10.8 Å². The van der Waals surface area contributed by atoms with Crippen LogP contribution in [-0.2, 0) is 0 Å². The summed E-state index contributed by atoms with van der Waals surface area (Å²) in [5.41, 5.74) is 1.36. The van der Waals surface area contributed by atoms with Crippen LogP contribution in [0.15, 0.2) is 11.4 Å². The number of aryl methyl sites for hydroxylation is 1. The largest absolute Gasteiger partial charge is 0.387 e. The van der Waals surface area contributed by atoms with Crippen LogP contribution in [0.1, 0.15) is 50.1 Å². The molecule has 0 aromatic carbocycles. The average Bonchev–Trinajstić information content (AvgIpc) is 2.96.